The number of halogens is 2. The average molecular weight is 255 g/mol. The predicted molar refractivity (Wildman–Crippen MR) is 52.9 cm³/mol. The van der Waals surface area contributed by atoms with Crippen molar-refractivity contribution in [2.24, 2.45) is 0 Å². The maximum absolute atomic E-state index is 11.5. The zero-order valence-corrected chi connectivity index (χ0v) is 10.4. The van der Waals surface area contributed by atoms with Gasteiger partial charge in [-0.15, -0.1) is 4.42 Å². The van der Waals surface area contributed by atoms with Crippen LogP contribution in [0.2, 0.25) is 0 Å². The van der Waals surface area contributed by atoms with Gasteiger partial charge in [0, 0.05) is 11.8 Å². The van der Waals surface area contributed by atoms with Gasteiger partial charge in [0.1, 0.15) is 0 Å². The van der Waals surface area contributed by atoms with E-state index in [0.29, 0.717) is 15.9 Å². The smallest absolute Gasteiger partial charge is 0.439 e. The minimum absolute atomic E-state index is 0. The molecule has 3 amide bonds. The van der Waals surface area contributed by atoms with E-state index in [4.69, 9.17) is 11.8 Å². The fraction of sp³-hybridized carbons (Fsp3) is 0.778. The van der Waals surface area contributed by atoms with E-state index in [1.165, 1.54) is 0 Å². The molecule has 1 aliphatic heterocycles. The molecule has 1 rings (SSSR count). The van der Waals surface area contributed by atoms with Crippen molar-refractivity contribution in [3.8, 4) is 0 Å². The summed E-state index contributed by atoms with van der Waals surface area (Å²) in [5, 5.41) is 0. The summed E-state index contributed by atoms with van der Waals surface area (Å²) in [6.07, 6.45) is 3.15. The van der Waals surface area contributed by atoms with Crippen molar-refractivity contribution >= 4 is 23.7 Å². The molecule has 2 unspecified atom stereocenters. The van der Waals surface area contributed by atoms with Crippen LogP contribution < -0.4 is 17.3 Å². The zero-order valence-electron chi connectivity index (χ0n) is 8.93. The Labute approximate surface area is 101 Å². The molecule has 0 aromatic heterocycles. The normalized spacial score (nSPS) is 25.7. The van der Waals surface area contributed by atoms with Crippen LogP contribution in [0.5, 0.6) is 0 Å². The molecule has 0 saturated carbocycles. The molecule has 2 atom stereocenters. The number of carbonyl (C=O) groups excluding carboxylic acids is 2. The highest BCUT2D eigenvalue weighted by atomic mass is 35.5. The quantitative estimate of drug-likeness (QED) is 0.345. The monoisotopic (exact) mass is 254 g/mol. The first-order valence-electron chi connectivity index (χ1n) is 4.99. The summed E-state index contributed by atoms with van der Waals surface area (Å²) in [6.45, 7) is 4.54. The van der Waals surface area contributed by atoms with Gasteiger partial charge < -0.3 is 12.4 Å². The third-order valence-electron chi connectivity index (χ3n) is 2.59. The summed E-state index contributed by atoms with van der Waals surface area (Å²) in [5.41, 5.74) is 0. The highest BCUT2D eigenvalue weighted by molar-refractivity contribution is 6.30. The van der Waals surface area contributed by atoms with Crippen LogP contribution in [0.25, 0.3) is 0 Å². The van der Waals surface area contributed by atoms with Gasteiger partial charge in [-0.2, -0.15) is 0 Å². The summed E-state index contributed by atoms with van der Waals surface area (Å²) >= 11 is 5.53. The maximum atomic E-state index is 11.5. The van der Waals surface area contributed by atoms with Crippen LogP contribution in [0.3, 0.4) is 0 Å². The van der Waals surface area contributed by atoms with Crippen LogP contribution in [-0.4, -0.2) is 28.9 Å². The third-order valence-corrected chi connectivity index (χ3v) is 2.91. The Morgan fingerprint density at radius 3 is 2.40 bits per heavy atom. The van der Waals surface area contributed by atoms with Crippen molar-refractivity contribution in [2.75, 3.05) is 6.54 Å². The fourth-order valence-electron chi connectivity index (χ4n) is 1.62. The van der Waals surface area contributed by atoms with E-state index in [2.05, 4.69) is 6.92 Å². The topological polar surface area (TPSA) is 41.8 Å². The first kappa shape index (κ1) is 14.7. The Morgan fingerprint density at radius 1 is 1.40 bits per heavy atom. The molecule has 0 aromatic carbocycles. The van der Waals surface area contributed by atoms with Crippen LogP contribution >= 0.6 is 11.8 Å². The second-order valence-corrected chi connectivity index (χ2v) is 3.97. The van der Waals surface area contributed by atoms with Gasteiger partial charge in [0.2, 0.25) is 0 Å². The number of unbranched alkanes of at least 4 members (excludes halogenated alkanes) is 2. The standard InChI is InChI=1S/C9H15ClN2O2.ClH/c1-3-4-5-6-11-7(2)8(13)12(10)9(11)14;/h7H,3-6H2,1-2H3;1H. The van der Waals surface area contributed by atoms with Crippen molar-refractivity contribution in [3.05, 3.63) is 0 Å². The number of quaternary nitrogens is 1. The average Bonchev–Trinajstić information content (AvgIpc) is 2.35. The van der Waals surface area contributed by atoms with Crippen molar-refractivity contribution in [1.82, 2.24) is 4.42 Å². The first-order chi connectivity index (χ1) is 6.59. The van der Waals surface area contributed by atoms with Gasteiger partial charge in [0.15, 0.2) is 6.04 Å². The van der Waals surface area contributed by atoms with Gasteiger partial charge in [-0.05, 0) is 19.8 Å². The number of urea groups is 1. The number of nitrogens with zero attached hydrogens (tertiary/aromatic N) is 1. The highest BCUT2D eigenvalue weighted by Gasteiger charge is 2.47. The van der Waals surface area contributed by atoms with Gasteiger partial charge in [-0.3, -0.25) is 4.79 Å². The van der Waals surface area contributed by atoms with E-state index in [1.807, 2.05) is 0 Å². The Morgan fingerprint density at radius 2 is 2.00 bits per heavy atom. The minimum atomic E-state index is -0.322. The van der Waals surface area contributed by atoms with Gasteiger partial charge in [-0.25, -0.2) is 9.69 Å². The number of carbonyl (C=O) groups is 2. The molecule has 0 bridgehead atoms. The van der Waals surface area contributed by atoms with Crippen molar-refractivity contribution < 1.29 is 26.9 Å². The molecule has 0 radical (unpaired) electrons. The molecule has 6 heteroatoms. The minimum Gasteiger partial charge on any atom is -1.00 e. The SMILES string of the molecule is CCCCC[NH+]1C(=O)N(Cl)C(=O)C1C.[Cl-]. The Kier molecular flexibility index (Phi) is 6.17. The second-order valence-electron chi connectivity index (χ2n) is 3.63. The summed E-state index contributed by atoms with van der Waals surface area (Å²) in [7, 11) is 0. The molecule has 1 aliphatic rings. The van der Waals surface area contributed by atoms with Crippen LogP contribution in [0.15, 0.2) is 0 Å². The van der Waals surface area contributed by atoms with Crippen LogP contribution in [-0.2, 0) is 4.79 Å². The third kappa shape index (κ3) is 3.06. The van der Waals surface area contributed by atoms with Crippen molar-refractivity contribution in [3.63, 3.8) is 0 Å². The Balaban J connectivity index is 0.00000196. The van der Waals surface area contributed by atoms with Gasteiger partial charge in [0.25, 0.3) is 0 Å². The molecular formula is C9H16Cl2N2O2. The summed E-state index contributed by atoms with van der Waals surface area (Å²) < 4.78 is 0.714. The molecule has 0 spiro atoms. The molecule has 1 heterocycles. The van der Waals surface area contributed by atoms with E-state index in [-0.39, 0.29) is 30.4 Å². The number of hydrogen-bond acceptors (Lipinski definition) is 2. The van der Waals surface area contributed by atoms with E-state index < -0.39 is 0 Å². The number of imide groups is 1. The molecule has 0 aliphatic carbocycles. The van der Waals surface area contributed by atoms with Gasteiger partial charge in [-0.1, -0.05) is 13.3 Å². The van der Waals surface area contributed by atoms with Crippen LogP contribution in [0, 0.1) is 0 Å². The van der Waals surface area contributed by atoms with Gasteiger partial charge >= 0.3 is 11.9 Å². The lowest BCUT2D eigenvalue weighted by Gasteiger charge is -2.11. The Bertz CT molecular complexity index is 248. The molecule has 0 aromatic rings. The van der Waals surface area contributed by atoms with E-state index in [1.54, 1.807) is 6.92 Å². The zero-order chi connectivity index (χ0) is 10.7. The van der Waals surface area contributed by atoms with Crippen molar-refractivity contribution in [1.29, 1.82) is 0 Å². The van der Waals surface area contributed by atoms with Crippen LogP contribution in [0.1, 0.15) is 33.1 Å². The lowest BCUT2D eigenvalue weighted by atomic mass is 10.2. The van der Waals surface area contributed by atoms with E-state index >= 15 is 0 Å². The highest BCUT2D eigenvalue weighted by Crippen LogP contribution is 2.04. The fourth-order valence-corrected chi connectivity index (χ4v) is 1.87. The second kappa shape index (κ2) is 6.30. The molecule has 15 heavy (non-hydrogen) atoms. The molecule has 1 fully saturated rings. The van der Waals surface area contributed by atoms with Crippen molar-refractivity contribution in [2.45, 2.75) is 39.2 Å². The van der Waals surface area contributed by atoms with Gasteiger partial charge in [0.05, 0.1) is 6.54 Å². The predicted octanol–water partition coefficient (Wildman–Crippen LogP) is -2.43. The summed E-state index contributed by atoms with van der Waals surface area (Å²) in [4.78, 5) is 23.4. The largest absolute Gasteiger partial charge is 1.00 e. The molecule has 4 nitrogen and oxygen atoms in total. The molecule has 1 N–H and O–H groups in total. The summed E-state index contributed by atoms with van der Waals surface area (Å²) in [6, 6.07) is -0.628. The number of nitrogens with one attached hydrogen (secondary N) is 1. The molecule has 1 saturated heterocycles. The summed E-state index contributed by atoms with van der Waals surface area (Å²) in [5.74, 6) is -0.289. The first-order valence-corrected chi connectivity index (χ1v) is 5.33. The maximum Gasteiger partial charge on any atom is 0.439 e. The number of rotatable bonds is 4. The Hall–Kier alpha value is -0.320. The number of hydrogen-bond donors (Lipinski definition) is 1. The van der Waals surface area contributed by atoms with Crippen LogP contribution in [0.4, 0.5) is 4.79 Å². The lowest BCUT2D eigenvalue weighted by Crippen LogP contribution is -3.16. The molecule has 88 valence electrons. The van der Waals surface area contributed by atoms with E-state index in [0.717, 1.165) is 19.3 Å². The van der Waals surface area contributed by atoms with E-state index in [9.17, 15) is 9.59 Å². The lowest BCUT2D eigenvalue weighted by molar-refractivity contribution is -0.825. The molecular weight excluding hydrogens is 239 g/mol. The number of amides is 3.